The van der Waals surface area contributed by atoms with E-state index >= 15 is 0 Å². The third kappa shape index (κ3) is 2.13. The Kier molecular flexibility index (Phi) is 3.37. The summed E-state index contributed by atoms with van der Waals surface area (Å²) in [6, 6.07) is 4.40. The highest BCUT2D eigenvalue weighted by Crippen LogP contribution is 2.66. The number of hydrogen-bond donors (Lipinski definition) is 1. The number of carbonyl (C=O) groups is 1. The molecule has 0 unspecified atom stereocenters. The van der Waals surface area contributed by atoms with Gasteiger partial charge in [-0.2, -0.15) is 0 Å². The van der Waals surface area contributed by atoms with Gasteiger partial charge in [0.1, 0.15) is 11.6 Å². The second-order valence-electron chi connectivity index (χ2n) is 11.3. The standard InChI is InChI=1S/C25H32NO4/c1-26(13-15-2-3-15)11-10-24-21-17-6-7-19(29-14-16-4-5-16)22(21)30-23(24)18(27)8-9-25(24,28)20(26)12-17/h6-7,15-16,20,23,28H,2-5,8-14H2,1H3/q+1/t20-,23+,24+,25-,26-/m1/s1. The quantitative estimate of drug-likeness (QED) is 0.759. The van der Waals surface area contributed by atoms with E-state index in [1.165, 1.54) is 31.2 Å². The Morgan fingerprint density at radius 1 is 1.20 bits per heavy atom. The number of hydrogen-bond acceptors (Lipinski definition) is 4. The van der Waals surface area contributed by atoms with Gasteiger partial charge in [-0.1, -0.05) is 6.07 Å². The summed E-state index contributed by atoms with van der Waals surface area (Å²) in [5.74, 6) is 3.17. The van der Waals surface area contributed by atoms with Crippen molar-refractivity contribution in [3.8, 4) is 11.5 Å². The van der Waals surface area contributed by atoms with Crippen LogP contribution in [0.4, 0.5) is 0 Å². The summed E-state index contributed by atoms with van der Waals surface area (Å²) in [6.07, 6.45) is 7.28. The van der Waals surface area contributed by atoms with Gasteiger partial charge in [0.05, 0.1) is 32.2 Å². The van der Waals surface area contributed by atoms with Crippen molar-refractivity contribution in [3.05, 3.63) is 23.3 Å². The zero-order valence-corrected chi connectivity index (χ0v) is 17.9. The molecule has 0 aromatic heterocycles. The Morgan fingerprint density at radius 3 is 2.77 bits per heavy atom. The molecule has 1 aromatic rings. The summed E-state index contributed by atoms with van der Waals surface area (Å²) in [5, 5.41) is 12.4. The number of Topliss-reactive ketones (excluding diaryl/α,β-unsaturated/α-hetero) is 1. The van der Waals surface area contributed by atoms with Crippen molar-refractivity contribution in [2.45, 2.75) is 74.5 Å². The highest BCUT2D eigenvalue weighted by atomic mass is 16.5. The van der Waals surface area contributed by atoms with Crippen molar-refractivity contribution in [1.29, 1.82) is 0 Å². The van der Waals surface area contributed by atoms with Crippen molar-refractivity contribution in [1.82, 2.24) is 0 Å². The summed E-state index contributed by atoms with van der Waals surface area (Å²) in [6.45, 7) is 2.90. The molecule has 5 atom stereocenters. The maximum atomic E-state index is 13.1. The van der Waals surface area contributed by atoms with E-state index in [2.05, 4.69) is 19.2 Å². The number of benzene rings is 1. The lowest BCUT2D eigenvalue weighted by Crippen LogP contribution is -2.80. The van der Waals surface area contributed by atoms with Gasteiger partial charge in [0.15, 0.2) is 23.4 Å². The zero-order valence-electron chi connectivity index (χ0n) is 17.9. The van der Waals surface area contributed by atoms with Crippen LogP contribution in [0.25, 0.3) is 0 Å². The van der Waals surface area contributed by atoms with E-state index in [9.17, 15) is 9.90 Å². The summed E-state index contributed by atoms with van der Waals surface area (Å²) >= 11 is 0. The first-order chi connectivity index (χ1) is 14.4. The van der Waals surface area contributed by atoms with Crippen LogP contribution in [0.1, 0.15) is 56.1 Å². The summed E-state index contributed by atoms with van der Waals surface area (Å²) in [7, 11) is 2.36. The van der Waals surface area contributed by atoms with E-state index in [1.54, 1.807) is 0 Å². The molecular formula is C25H32NO4+. The molecule has 160 valence electrons. The van der Waals surface area contributed by atoms with Crippen molar-refractivity contribution in [3.63, 3.8) is 0 Å². The van der Waals surface area contributed by atoms with Crippen LogP contribution < -0.4 is 9.47 Å². The first kappa shape index (κ1) is 18.0. The number of nitrogens with zero attached hydrogens (tertiary/aromatic N) is 1. The fourth-order valence-corrected chi connectivity index (χ4v) is 7.53. The van der Waals surface area contributed by atoms with Crippen LogP contribution in [0.3, 0.4) is 0 Å². The van der Waals surface area contributed by atoms with E-state index < -0.39 is 17.1 Å². The number of likely N-dealkylation sites (tertiary alicyclic amines) is 1. The number of aliphatic hydroxyl groups is 1. The molecule has 4 fully saturated rings. The normalized spacial score (nSPS) is 43.2. The van der Waals surface area contributed by atoms with Gasteiger partial charge in [0.2, 0.25) is 0 Å². The van der Waals surface area contributed by atoms with Crippen molar-refractivity contribution < 1.29 is 23.9 Å². The molecule has 1 aromatic carbocycles. The third-order valence-electron chi connectivity index (χ3n) is 9.43. The molecule has 2 bridgehead atoms. The summed E-state index contributed by atoms with van der Waals surface area (Å²) in [4.78, 5) is 13.1. The van der Waals surface area contributed by atoms with Crippen LogP contribution in [0, 0.1) is 11.8 Å². The van der Waals surface area contributed by atoms with Gasteiger partial charge in [0.25, 0.3) is 0 Å². The maximum Gasteiger partial charge on any atom is 0.174 e. The minimum Gasteiger partial charge on any atom is -0.489 e. The highest BCUT2D eigenvalue weighted by molar-refractivity contribution is 5.90. The average molecular weight is 411 g/mol. The first-order valence-electron chi connectivity index (χ1n) is 12.0. The predicted molar refractivity (Wildman–Crippen MR) is 111 cm³/mol. The number of carbonyl (C=O) groups excluding carboxylic acids is 1. The van der Waals surface area contributed by atoms with E-state index in [0.29, 0.717) is 18.8 Å². The fraction of sp³-hybridized carbons (Fsp3) is 0.720. The second-order valence-corrected chi connectivity index (χ2v) is 11.3. The lowest BCUT2D eigenvalue weighted by Gasteiger charge is -2.64. The van der Waals surface area contributed by atoms with Crippen LogP contribution >= 0.6 is 0 Å². The van der Waals surface area contributed by atoms with Gasteiger partial charge in [0, 0.05) is 30.7 Å². The molecule has 1 spiro atoms. The minimum atomic E-state index is -0.874. The van der Waals surface area contributed by atoms with E-state index in [0.717, 1.165) is 60.0 Å². The fourth-order valence-electron chi connectivity index (χ4n) is 7.53. The van der Waals surface area contributed by atoms with Gasteiger partial charge >= 0.3 is 0 Å². The molecule has 4 aliphatic carbocycles. The number of piperidine rings is 1. The molecule has 5 heteroatoms. The maximum absolute atomic E-state index is 13.1. The Balaban J connectivity index is 1.39. The Hall–Kier alpha value is -1.59. The highest BCUT2D eigenvalue weighted by Gasteiger charge is 2.76. The topological polar surface area (TPSA) is 55.8 Å². The molecule has 1 saturated heterocycles. The second kappa shape index (κ2) is 5.60. The molecule has 2 aliphatic heterocycles. The van der Waals surface area contributed by atoms with Gasteiger partial charge in [-0.05, 0) is 49.7 Å². The molecule has 3 saturated carbocycles. The van der Waals surface area contributed by atoms with Crippen molar-refractivity contribution in [2.75, 3.05) is 26.7 Å². The molecular weight excluding hydrogens is 378 g/mol. The van der Waals surface area contributed by atoms with Gasteiger partial charge in [-0.15, -0.1) is 0 Å². The predicted octanol–water partition coefficient (Wildman–Crippen LogP) is 2.75. The molecule has 1 N–H and O–H groups in total. The first-order valence-corrected chi connectivity index (χ1v) is 12.0. The number of likely N-dealkylation sites (N-methyl/N-ethyl adjacent to an activating group) is 1. The van der Waals surface area contributed by atoms with Crippen molar-refractivity contribution in [2.24, 2.45) is 11.8 Å². The smallest absolute Gasteiger partial charge is 0.174 e. The van der Waals surface area contributed by atoms with E-state index in [4.69, 9.17) is 9.47 Å². The molecule has 6 aliphatic rings. The number of ether oxygens (including phenoxy) is 2. The van der Waals surface area contributed by atoms with Crippen LogP contribution in [-0.2, 0) is 16.6 Å². The van der Waals surface area contributed by atoms with Crippen molar-refractivity contribution >= 4 is 5.78 Å². The monoisotopic (exact) mass is 410 g/mol. The number of rotatable bonds is 5. The van der Waals surface area contributed by atoms with Crippen LogP contribution in [0.2, 0.25) is 0 Å². The molecule has 5 nitrogen and oxygen atoms in total. The minimum absolute atomic E-state index is 0.141. The Morgan fingerprint density at radius 2 is 2.00 bits per heavy atom. The summed E-state index contributed by atoms with van der Waals surface area (Å²) in [5.41, 5.74) is 0.928. The van der Waals surface area contributed by atoms with Crippen LogP contribution in [0.15, 0.2) is 12.1 Å². The van der Waals surface area contributed by atoms with Gasteiger partial charge in [-0.25, -0.2) is 0 Å². The zero-order chi connectivity index (χ0) is 20.3. The van der Waals surface area contributed by atoms with Crippen LogP contribution in [0.5, 0.6) is 11.5 Å². The van der Waals surface area contributed by atoms with E-state index in [1.807, 2.05) is 0 Å². The Bertz CT molecular complexity index is 953. The lowest BCUT2D eigenvalue weighted by atomic mass is 9.48. The molecule has 30 heavy (non-hydrogen) atoms. The number of quaternary nitrogens is 1. The van der Waals surface area contributed by atoms with Gasteiger partial charge in [-0.3, -0.25) is 4.79 Å². The third-order valence-corrected chi connectivity index (χ3v) is 9.43. The Labute approximate surface area is 177 Å². The SMILES string of the molecule is C[N@+]1(CC2CC2)CC[C@]23c4c5ccc(OCC6CC6)c4O[C@H]2C(=O)CC[C@@]3(O)[C@H]1C5. The molecule has 0 radical (unpaired) electrons. The lowest BCUT2D eigenvalue weighted by molar-refractivity contribution is -0.950. The summed E-state index contributed by atoms with van der Waals surface area (Å²) < 4.78 is 13.6. The van der Waals surface area contributed by atoms with Crippen LogP contribution in [-0.4, -0.2) is 59.9 Å². The number of ketones is 1. The van der Waals surface area contributed by atoms with E-state index in [-0.39, 0.29) is 11.8 Å². The van der Waals surface area contributed by atoms with Gasteiger partial charge < -0.3 is 19.1 Å². The average Bonchev–Trinajstić information content (AvgIpc) is 3.64. The molecule has 7 rings (SSSR count). The largest absolute Gasteiger partial charge is 0.489 e. The molecule has 0 amide bonds. The molecule has 2 heterocycles.